The smallest absolute Gasteiger partial charge is 0.133 e. The predicted molar refractivity (Wildman–Crippen MR) is 70.6 cm³/mol. The van der Waals surface area contributed by atoms with Gasteiger partial charge in [0.15, 0.2) is 0 Å². The molecule has 88 valence electrons. The number of rotatable bonds is 6. The first kappa shape index (κ1) is 13.2. The molecule has 3 nitrogen and oxygen atoms in total. The maximum Gasteiger partial charge on any atom is 0.133 e. The summed E-state index contributed by atoms with van der Waals surface area (Å²) in [7, 11) is 1.98. The van der Waals surface area contributed by atoms with Crippen molar-refractivity contribution in [2.24, 2.45) is 0 Å². The van der Waals surface area contributed by atoms with Crippen LogP contribution in [0.2, 0.25) is 0 Å². The van der Waals surface area contributed by atoms with E-state index in [1.54, 1.807) is 6.20 Å². The van der Waals surface area contributed by atoms with E-state index in [9.17, 15) is 5.11 Å². The van der Waals surface area contributed by atoms with Gasteiger partial charge in [-0.2, -0.15) is 0 Å². The lowest BCUT2D eigenvalue weighted by Gasteiger charge is -2.20. The Morgan fingerprint density at radius 3 is 3.00 bits per heavy atom. The van der Waals surface area contributed by atoms with Gasteiger partial charge in [0.25, 0.3) is 0 Å². The first-order valence-corrected chi connectivity index (χ1v) is 6.05. The Balaban J connectivity index is 2.73. The quantitative estimate of drug-likeness (QED) is 0.645. The lowest BCUT2D eigenvalue weighted by Crippen LogP contribution is -2.21. The van der Waals surface area contributed by atoms with Gasteiger partial charge in [0, 0.05) is 29.8 Å². The van der Waals surface area contributed by atoms with Crippen molar-refractivity contribution in [2.75, 3.05) is 18.5 Å². The van der Waals surface area contributed by atoms with Gasteiger partial charge in [-0.25, -0.2) is 4.98 Å². The first-order chi connectivity index (χ1) is 7.69. The third-order valence-corrected chi connectivity index (χ3v) is 2.78. The summed E-state index contributed by atoms with van der Waals surface area (Å²) in [5.41, 5.74) is 0.843. The Morgan fingerprint density at radius 1 is 1.62 bits per heavy atom. The maximum absolute atomic E-state index is 9.26. The number of anilines is 1. The second kappa shape index (κ2) is 6.66. The maximum atomic E-state index is 9.26. The van der Waals surface area contributed by atoms with E-state index < -0.39 is 0 Å². The molecule has 1 N–H and O–H groups in total. The van der Waals surface area contributed by atoms with Crippen LogP contribution in [0, 0.1) is 0 Å². The number of aromatic nitrogens is 1. The number of halogens is 1. The van der Waals surface area contributed by atoms with E-state index in [1.807, 2.05) is 19.2 Å². The lowest BCUT2D eigenvalue weighted by molar-refractivity contribution is 0.281. The monoisotopic (exact) mass is 284 g/mol. The van der Waals surface area contributed by atoms with Crippen LogP contribution in [0.15, 0.2) is 29.4 Å². The van der Waals surface area contributed by atoms with Crippen molar-refractivity contribution >= 4 is 21.7 Å². The molecule has 0 spiro atoms. The van der Waals surface area contributed by atoms with Crippen molar-refractivity contribution in [3.05, 3.63) is 35.0 Å². The Morgan fingerprint density at radius 2 is 2.38 bits per heavy atom. The Labute approximate surface area is 105 Å². The van der Waals surface area contributed by atoms with E-state index in [4.69, 9.17) is 0 Å². The summed E-state index contributed by atoms with van der Waals surface area (Å²) in [6.45, 7) is 4.61. The van der Waals surface area contributed by atoms with Crippen molar-refractivity contribution in [1.29, 1.82) is 0 Å². The van der Waals surface area contributed by atoms with Crippen molar-refractivity contribution in [2.45, 2.75) is 19.4 Å². The summed E-state index contributed by atoms with van der Waals surface area (Å²) in [6.07, 6.45) is 5.70. The normalized spacial score (nSPS) is 10.2. The molecule has 1 aromatic rings. The minimum Gasteiger partial charge on any atom is -0.392 e. The fourth-order valence-electron chi connectivity index (χ4n) is 1.51. The summed E-state index contributed by atoms with van der Waals surface area (Å²) < 4.78 is 0.889. The van der Waals surface area contributed by atoms with Gasteiger partial charge in [-0.1, -0.05) is 6.08 Å². The third-order valence-electron chi connectivity index (χ3n) is 2.34. The van der Waals surface area contributed by atoms with Gasteiger partial charge in [-0.15, -0.1) is 6.58 Å². The van der Waals surface area contributed by atoms with E-state index in [0.29, 0.717) is 0 Å². The SMILES string of the molecule is C=CCCCN(C)c1ncc(Br)cc1CO. The molecule has 0 amide bonds. The molecule has 1 rings (SSSR count). The number of unbranched alkanes of at least 4 members (excludes halogenated alkanes) is 1. The number of pyridine rings is 1. The lowest BCUT2D eigenvalue weighted by atomic mass is 10.2. The van der Waals surface area contributed by atoms with Gasteiger partial charge in [0.1, 0.15) is 5.82 Å². The van der Waals surface area contributed by atoms with Crippen LogP contribution in [0.5, 0.6) is 0 Å². The van der Waals surface area contributed by atoms with E-state index in [-0.39, 0.29) is 6.61 Å². The van der Waals surface area contributed by atoms with Crippen LogP contribution in [0.4, 0.5) is 5.82 Å². The number of nitrogens with zero attached hydrogens (tertiary/aromatic N) is 2. The highest BCUT2D eigenvalue weighted by Gasteiger charge is 2.08. The fraction of sp³-hybridized carbons (Fsp3) is 0.417. The molecule has 16 heavy (non-hydrogen) atoms. The van der Waals surface area contributed by atoms with Gasteiger partial charge in [-0.3, -0.25) is 0 Å². The van der Waals surface area contributed by atoms with Gasteiger partial charge in [0.2, 0.25) is 0 Å². The average molecular weight is 285 g/mol. The Kier molecular flexibility index (Phi) is 5.49. The van der Waals surface area contributed by atoms with Gasteiger partial charge in [-0.05, 0) is 34.8 Å². The van der Waals surface area contributed by atoms with Crippen LogP contribution in [-0.2, 0) is 6.61 Å². The molecule has 0 unspecified atom stereocenters. The molecule has 4 heteroatoms. The summed E-state index contributed by atoms with van der Waals surface area (Å²) in [5.74, 6) is 0.842. The van der Waals surface area contributed by atoms with Gasteiger partial charge < -0.3 is 10.0 Å². The molecular weight excluding hydrogens is 268 g/mol. The Hall–Kier alpha value is -0.870. The van der Waals surface area contributed by atoms with Crippen LogP contribution in [0.1, 0.15) is 18.4 Å². The number of aliphatic hydroxyl groups is 1. The molecule has 0 aromatic carbocycles. The van der Waals surface area contributed by atoms with Crippen molar-refractivity contribution in [1.82, 2.24) is 4.98 Å². The fourth-order valence-corrected chi connectivity index (χ4v) is 1.89. The molecule has 0 saturated heterocycles. The van der Waals surface area contributed by atoms with E-state index in [0.717, 1.165) is 35.2 Å². The van der Waals surface area contributed by atoms with Crippen LogP contribution in [-0.4, -0.2) is 23.7 Å². The van der Waals surface area contributed by atoms with Crippen LogP contribution in [0.3, 0.4) is 0 Å². The van der Waals surface area contributed by atoms with Gasteiger partial charge in [0.05, 0.1) is 6.61 Å². The second-order valence-corrected chi connectivity index (χ2v) is 4.56. The standard InChI is InChI=1S/C12H17BrN2O/c1-3-4-5-6-15(2)12-10(9-16)7-11(13)8-14-12/h3,7-8,16H,1,4-6,9H2,2H3. The zero-order chi connectivity index (χ0) is 12.0. The number of allylic oxidation sites excluding steroid dienone is 1. The molecular formula is C12H17BrN2O. The summed E-state index contributed by atoms with van der Waals surface area (Å²) in [6, 6.07) is 1.90. The van der Waals surface area contributed by atoms with E-state index >= 15 is 0 Å². The number of hydrogen-bond donors (Lipinski definition) is 1. The van der Waals surface area contributed by atoms with E-state index in [1.165, 1.54) is 0 Å². The van der Waals surface area contributed by atoms with E-state index in [2.05, 4.69) is 32.4 Å². The largest absolute Gasteiger partial charge is 0.392 e. The minimum atomic E-state index is 0.00751. The highest BCUT2D eigenvalue weighted by atomic mass is 79.9. The van der Waals surface area contributed by atoms with Crippen molar-refractivity contribution in [3.8, 4) is 0 Å². The zero-order valence-corrected chi connectivity index (χ0v) is 11.1. The highest BCUT2D eigenvalue weighted by molar-refractivity contribution is 9.10. The predicted octanol–water partition coefficient (Wildman–Crippen LogP) is 2.74. The highest BCUT2D eigenvalue weighted by Crippen LogP contribution is 2.20. The molecule has 0 aliphatic carbocycles. The van der Waals surface area contributed by atoms with Crippen molar-refractivity contribution < 1.29 is 5.11 Å². The average Bonchev–Trinajstić information content (AvgIpc) is 2.29. The summed E-state index contributed by atoms with van der Waals surface area (Å²) in [5, 5.41) is 9.26. The molecule has 0 aliphatic rings. The molecule has 0 bridgehead atoms. The molecule has 0 aliphatic heterocycles. The van der Waals surface area contributed by atoms with Crippen molar-refractivity contribution in [3.63, 3.8) is 0 Å². The zero-order valence-electron chi connectivity index (χ0n) is 9.49. The third kappa shape index (κ3) is 3.61. The molecule has 1 aromatic heterocycles. The molecule has 0 atom stereocenters. The molecule has 0 fully saturated rings. The number of hydrogen-bond acceptors (Lipinski definition) is 3. The van der Waals surface area contributed by atoms with Crippen LogP contribution < -0.4 is 4.90 Å². The van der Waals surface area contributed by atoms with Gasteiger partial charge >= 0.3 is 0 Å². The molecule has 0 saturated carbocycles. The Bertz CT molecular complexity index is 355. The number of aliphatic hydroxyl groups excluding tert-OH is 1. The van der Waals surface area contributed by atoms with Crippen LogP contribution in [0.25, 0.3) is 0 Å². The molecule has 1 heterocycles. The van der Waals surface area contributed by atoms with Crippen LogP contribution >= 0.6 is 15.9 Å². The second-order valence-electron chi connectivity index (χ2n) is 3.65. The summed E-state index contributed by atoms with van der Waals surface area (Å²) in [4.78, 5) is 6.38. The topological polar surface area (TPSA) is 36.4 Å². The minimum absolute atomic E-state index is 0.00751. The summed E-state index contributed by atoms with van der Waals surface area (Å²) >= 11 is 3.34. The molecule has 0 radical (unpaired) electrons. The first-order valence-electron chi connectivity index (χ1n) is 5.26.